The lowest BCUT2D eigenvalue weighted by atomic mass is 9.98. The highest BCUT2D eigenvalue weighted by Crippen LogP contribution is 2.20. The standard InChI is InChI=1S/C10H19NO6/c1-3-6(12)16-4-5-7(13)8(14)9(15)10(11-2)17-5/h5,7-11,13-15H,3-4H2,1-2H3. The highest BCUT2D eigenvalue weighted by molar-refractivity contribution is 5.68. The van der Waals surface area contributed by atoms with E-state index in [1.807, 2.05) is 0 Å². The van der Waals surface area contributed by atoms with E-state index in [1.165, 1.54) is 0 Å². The molecule has 1 fully saturated rings. The maximum Gasteiger partial charge on any atom is 0.305 e. The molecule has 7 nitrogen and oxygen atoms in total. The Morgan fingerprint density at radius 2 is 1.94 bits per heavy atom. The molecular formula is C10H19NO6. The fourth-order valence-electron chi connectivity index (χ4n) is 1.60. The molecule has 5 atom stereocenters. The van der Waals surface area contributed by atoms with Gasteiger partial charge in [0.2, 0.25) is 0 Å². The normalized spacial score (nSPS) is 37.8. The second-order valence-electron chi connectivity index (χ2n) is 3.89. The monoisotopic (exact) mass is 249 g/mol. The van der Waals surface area contributed by atoms with E-state index in [1.54, 1.807) is 14.0 Å². The Kier molecular flexibility index (Phi) is 5.29. The molecule has 0 amide bonds. The molecule has 7 heteroatoms. The summed E-state index contributed by atoms with van der Waals surface area (Å²) in [5.41, 5.74) is 0. The van der Waals surface area contributed by atoms with Crippen molar-refractivity contribution in [3.63, 3.8) is 0 Å². The number of aliphatic hydroxyl groups excluding tert-OH is 3. The van der Waals surface area contributed by atoms with Crippen molar-refractivity contribution in [2.24, 2.45) is 0 Å². The zero-order valence-corrected chi connectivity index (χ0v) is 9.87. The molecular weight excluding hydrogens is 230 g/mol. The average Bonchev–Trinajstić information content (AvgIpc) is 2.34. The molecule has 1 aliphatic rings. The lowest BCUT2D eigenvalue weighted by molar-refractivity contribution is -0.237. The average molecular weight is 249 g/mol. The van der Waals surface area contributed by atoms with E-state index in [0.717, 1.165) is 0 Å². The summed E-state index contributed by atoms with van der Waals surface area (Å²) in [7, 11) is 1.55. The number of carbonyl (C=O) groups is 1. The maximum absolute atomic E-state index is 11.0. The minimum absolute atomic E-state index is 0.157. The van der Waals surface area contributed by atoms with Crippen molar-refractivity contribution in [1.82, 2.24) is 5.32 Å². The van der Waals surface area contributed by atoms with Crippen molar-refractivity contribution in [2.75, 3.05) is 13.7 Å². The summed E-state index contributed by atoms with van der Waals surface area (Å²) in [6, 6.07) is 0. The first-order valence-corrected chi connectivity index (χ1v) is 5.53. The number of likely N-dealkylation sites (N-methyl/N-ethyl adjacent to an activating group) is 1. The predicted octanol–water partition coefficient (Wildman–Crippen LogP) is -2.03. The van der Waals surface area contributed by atoms with Crippen LogP contribution in [-0.4, -0.2) is 65.6 Å². The minimum atomic E-state index is -1.34. The van der Waals surface area contributed by atoms with E-state index < -0.39 is 36.6 Å². The molecule has 0 bridgehead atoms. The number of hydrogen-bond donors (Lipinski definition) is 4. The molecule has 0 saturated carbocycles. The fraction of sp³-hybridized carbons (Fsp3) is 0.900. The van der Waals surface area contributed by atoms with Gasteiger partial charge in [-0.25, -0.2) is 0 Å². The zero-order valence-electron chi connectivity index (χ0n) is 9.87. The Labute approximate surface area is 99.3 Å². The van der Waals surface area contributed by atoms with Gasteiger partial charge in [-0.2, -0.15) is 0 Å². The Bertz CT molecular complexity index is 259. The number of rotatable bonds is 4. The van der Waals surface area contributed by atoms with Crippen LogP contribution >= 0.6 is 0 Å². The maximum atomic E-state index is 11.0. The SMILES string of the molecule is CCC(=O)OCC1OC(NC)C(O)C(O)C1O. The van der Waals surface area contributed by atoms with Crippen molar-refractivity contribution in [1.29, 1.82) is 0 Å². The number of aliphatic hydroxyl groups is 3. The Balaban J connectivity index is 2.56. The van der Waals surface area contributed by atoms with Crippen LogP contribution in [-0.2, 0) is 14.3 Å². The summed E-state index contributed by atoms with van der Waals surface area (Å²) < 4.78 is 10.1. The van der Waals surface area contributed by atoms with Crippen molar-refractivity contribution < 1.29 is 29.6 Å². The van der Waals surface area contributed by atoms with Crippen LogP contribution in [0.2, 0.25) is 0 Å². The first-order chi connectivity index (χ1) is 8.01. The molecule has 0 radical (unpaired) electrons. The number of esters is 1. The Morgan fingerprint density at radius 1 is 1.29 bits per heavy atom. The molecule has 1 heterocycles. The molecule has 0 aromatic heterocycles. The van der Waals surface area contributed by atoms with Gasteiger partial charge >= 0.3 is 5.97 Å². The number of nitrogens with one attached hydrogen (secondary N) is 1. The summed E-state index contributed by atoms with van der Waals surface area (Å²) in [5, 5.41) is 31.4. The van der Waals surface area contributed by atoms with Gasteiger partial charge < -0.3 is 24.8 Å². The molecule has 100 valence electrons. The summed E-state index contributed by atoms with van der Waals surface area (Å²) >= 11 is 0. The number of carbonyl (C=O) groups excluding carboxylic acids is 1. The fourth-order valence-corrected chi connectivity index (χ4v) is 1.60. The van der Waals surface area contributed by atoms with Gasteiger partial charge in [0.25, 0.3) is 0 Å². The largest absolute Gasteiger partial charge is 0.463 e. The lowest BCUT2D eigenvalue weighted by Crippen LogP contribution is -2.62. The third-order valence-electron chi connectivity index (χ3n) is 2.69. The molecule has 17 heavy (non-hydrogen) atoms. The number of ether oxygens (including phenoxy) is 2. The third-order valence-corrected chi connectivity index (χ3v) is 2.69. The van der Waals surface area contributed by atoms with Gasteiger partial charge in [-0.1, -0.05) is 6.92 Å². The number of hydrogen-bond acceptors (Lipinski definition) is 7. The van der Waals surface area contributed by atoms with Crippen LogP contribution in [0.25, 0.3) is 0 Å². The Morgan fingerprint density at radius 3 is 2.47 bits per heavy atom. The molecule has 0 aliphatic carbocycles. The first-order valence-electron chi connectivity index (χ1n) is 5.53. The molecule has 0 aromatic rings. The van der Waals surface area contributed by atoms with E-state index >= 15 is 0 Å². The second-order valence-corrected chi connectivity index (χ2v) is 3.89. The topological polar surface area (TPSA) is 108 Å². The quantitative estimate of drug-likeness (QED) is 0.425. The highest BCUT2D eigenvalue weighted by atomic mass is 16.6. The minimum Gasteiger partial charge on any atom is -0.463 e. The van der Waals surface area contributed by atoms with Crippen LogP contribution in [0.4, 0.5) is 0 Å². The van der Waals surface area contributed by atoms with Crippen molar-refractivity contribution in [3.8, 4) is 0 Å². The van der Waals surface area contributed by atoms with Gasteiger partial charge in [-0.15, -0.1) is 0 Å². The molecule has 1 aliphatic heterocycles. The molecule has 0 spiro atoms. The smallest absolute Gasteiger partial charge is 0.305 e. The third kappa shape index (κ3) is 3.36. The summed E-state index contributed by atoms with van der Waals surface area (Å²) in [5.74, 6) is -0.414. The van der Waals surface area contributed by atoms with E-state index in [0.29, 0.717) is 0 Å². The van der Waals surface area contributed by atoms with Gasteiger partial charge in [0.15, 0.2) is 0 Å². The van der Waals surface area contributed by atoms with Gasteiger partial charge in [0.1, 0.15) is 37.3 Å². The molecule has 5 unspecified atom stereocenters. The van der Waals surface area contributed by atoms with Crippen LogP contribution in [0, 0.1) is 0 Å². The van der Waals surface area contributed by atoms with Crippen LogP contribution in [0.1, 0.15) is 13.3 Å². The molecule has 0 aromatic carbocycles. The van der Waals surface area contributed by atoms with Crippen LogP contribution in [0.15, 0.2) is 0 Å². The van der Waals surface area contributed by atoms with E-state index in [9.17, 15) is 20.1 Å². The second kappa shape index (κ2) is 6.27. The van der Waals surface area contributed by atoms with Gasteiger partial charge in [-0.05, 0) is 7.05 Å². The van der Waals surface area contributed by atoms with Crippen molar-refractivity contribution in [2.45, 2.75) is 44.0 Å². The summed E-state index contributed by atoms with van der Waals surface area (Å²) in [4.78, 5) is 11.0. The van der Waals surface area contributed by atoms with Gasteiger partial charge in [0, 0.05) is 6.42 Å². The molecule has 1 saturated heterocycles. The first kappa shape index (κ1) is 14.3. The van der Waals surface area contributed by atoms with Crippen LogP contribution in [0.5, 0.6) is 0 Å². The van der Waals surface area contributed by atoms with Gasteiger partial charge in [-0.3, -0.25) is 10.1 Å². The highest BCUT2D eigenvalue weighted by Gasteiger charge is 2.43. The predicted molar refractivity (Wildman–Crippen MR) is 57.0 cm³/mol. The van der Waals surface area contributed by atoms with Crippen LogP contribution in [0.3, 0.4) is 0 Å². The van der Waals surface area contributed by atoms with E-state index in [2.05, 4.69) is 5.32 Å². The van der Waals surface area contributed by atoms with Crippen LogP contribution < -0.4 is 5.32 Å². The molecule has 4 N–H and O–H groups in total. The van der Waals surface area contributed by atoms with Crippen molar-refractivity contribution >= 4 is 5.97 Å². The summed E-state index contributed by atoms with van der Waals surface area (Å²) in [6.45, 7) is 1.49. The summed E-state index contributed by atoms with van der Waals surface area (Å²) in [6.07, 6.45) is -5.30. The van der Waals surface area contributed by atoms with E-state index in [-0.39, 0.29) is 13.0 Å². The van der Waals surface area contributed by atoms with E-state index in [4.69, 9.17) is 9.47 Å². The van der Waals surface area contributed by atoms with Gasteiger partial charge in [0.05, 0.1) is 0 Å². The Hall–Kier alpha value is -0.730. The lowest BCUT2D eigenvalue weighted by Gasteiger charge is -2.40. The zero-order chi connectivity index (χ0) is 13.0. The molecule has 1 rings (SSSR count). The van der Waals surface area contributed by atoms with Crippen molar-refractivity contribution in [3.05, 3.63) is 0 Å².